The molecule has 258 valence electrons. The van der Waals surface area contributed by atoms with Gasteiger partial charge in [0, 0.05) is 62.2 Å². The summed E-state index contributed by atoms with van der Waals surface area (Å²) in [4.78, 5) is 57.3. The van der Waals surface area contributed by atoms with Crippen molar-refractivity contribution in [3.8, 4) is 5.75 Å². The lowest BCUT2D eigenvalue weighted by Gasteiger charge is -2.19. The number of aromatic amines is 1. The van der Waals surface area contributed by atoms with Gasteiger partial charge in [0.1, 0.15) is 35.5 Å². The summed E-state index contributed by atoms with van der Waals surface area (Å²) in [5.74, 6) is -2.87. The van der Waals surface area contributed by atoms with Crippen molar-refractivity contribution in [2.75, 3.05) is 32.5 Å². The highest BCUT2D eigenvalue weighted by atomic mass is 19.1. The van der Waals surface area contributed by atoms with Gasteiger partial charge in [-0.05, 0) is 68.2 Å². The number of nitrogens with one attached hydrogen (secondary N) is 2. The minimum absolute atomic E-state index is 0.000240. The highest BCUT2D eigenvalue weighted by Gasteiger charge is 2.25. The summed E-state index contributed by atoms with van der Waals surface area (Å²) < 4.78 is 54.2. The van der Waals surface area contributed by atoms with E-state index in [1.165, 1.54) is 54.0 Å². The Hall–Kier alpha value is -5.53. The number of amides is 3. The lowest BCUT2D eigenvalue weighted by Crippen LogP contribution is -2.37. The van der Waals surface area contributed by atoms with E-state index in [2.05, 4.69) is 10.3 Å². The van der Waals surface area contributed by atoms with Crippen LogP contribution >= 0.6 is 0 Å². The van der Waals surface area contributed by atoms with Gasteiger partial charge in [0.05, 0.1) is 12.1 Å². The van der Waals surface area contributed by atoms with E-state index >= 15 is 0 Å². The molecule has 4 aromatic rings. The molecule has 0 bridgehead atoms. The molecular formula is C35H36F3N5O6. The van der Waals surface area contributed by atoms with E-state index < -0.39 is 41.1 Å². The van der Waals surface area contributed by atoms with Gasteiger partial charge in [0.2, 0.25) is 5.91 Å². The summed E-state index contributed by atoms with van der Waals surface area (Å²) in [6, 6.07) is 10.1. The number of rotatable bonds is 12. The zero-order valence-electron chi connectivity index (χ0n) is 27.0. The van der Waals surface area contributed by atoms with Gasteiger partial charge in [-0.2, -0.15) is 0 Å². The predicted molar refractivity (Wildman–Crippen MR) is 176 cm³/mol. The monoisotopic (exact) mass is 679 g/mol. The largest absolute Gasteiger partial charge is 0.486 e. The number of H-pyrrole nitrogens is 1. The van der Waals surface area contributed by atoms with Gasteiger partial charge >= 0.3 is 6.09 Å². The maximum atomic E-state index is 14.4. The zero-order chi connectivity index (χ0) is 35.1. The number of benzene rings is 2. The lowest BCUT2D eigenvalue weighted by molar-refractivity contribution is -0.125. The molecule has 1 fully saturated rings. The summed E-state index contributed by atoms with van der Waals surface area (Å²) in [6.45, 7) is 1.13. The Balaban J connectivity index is 1.28. The number of carbonyl (C=O) groups excluding carboxylic acids is 3. The fourth-order valence-electron chi connectivity index (χ4n) is 5.33. The molecule has 0 saturated carbocycles. The molecule has 14 heteroatoms. The van der Waals surface area contributed by atoms with Crippen molar-refractivity contribution in [2.24, 2.45) is 0 Å². The molecular weight excluding hydrogens is 643 g/mol. The van der Waals surface area contributed by atoms with Gasteiger partial charge in [-0.25, -0.2) is 18.0 Å². The van der Waals surface area contributed by atoms with Gasteiger partial charge in [0.25, 0.3) is 11.5 Å². The number of hydrogen-bond acceptors (Lipinski definition) is 6. The second-order valence-corrected chi connectivity index (χ2v) is 11.8. The van der Waals surface area contributed by atoms with Crippen molar-refractivity contribution >= 4 is 34.5 Å². The van der Waals surface area contributed by atoms with E-state index in [0.29, 0.717) is 29.7 Å². The smallest absolute Gasteiger partial charge is 0.410 e. The molecule has 1 aliphatic heterocycles. The number of carbonyl (C=O) groups is 3. The van der Waals surface area contributed by atoms with Crippen LogP contribution < -0.4 is 15.6 Å². The first-order valence-corrected chi connectivity index (χ1v) is 15.7. The number of halogens is 3. The highest BCUT2D eigenvalue weighted by molar-refractivity contribution is 5.95. The molecule has 0 aliphatic carbocycles. The van der Waals surface area contributed by atoms with E-state index in [4.69, 9.17) is 9.47 Å². The van der Waals surface area contributed by atoms with Crippen LogP contribution in [0.2, 0.25) is 0 Å². The molecule has 2 aromatic heterocycles. The summed E-state index contributed by atoms with van der Waals surface area (Å²) in [6.07, 6.45) is 4.85. The first-order valence-electron chi connectivity index (χ1n) is 15.7. The maximum absolute atomic E-state index is 14.4. The van der Waals surface area contributed by atoms with Crippen molar-refractivity contribution in [1.82, 2.24) is 19.4 Å². The Labute approximate surface area is 279 Å². The SMILES string of the molecule is CN(C)C(=O)OC(CCC=CC(=O)N1CCCC1)C(=O)Nc1cccn(Cc2cc3cc(F)cc(OCc4ccc(F)cc4F)c3[nH]2)c1=O. The molecule has 1 aliphatic rings. The first-order chi connectivity index (χ1) is 23.5. The quantitative estimate of drug-likeness (QED) is 0.195. The third kappa shape index (κ3) is 8.89. The Morgan fingerprint density at radius 2 is 1.82 bits per heavy atom. The van der Waals surface area contributed by atoms with Crippen LogP contribution in [0.5, 0.6) is 5.75 Å². The van der Waals surface area contributed by atoms with Gasteiger partial charge < -0.3 is 34.1 Å². The topological polar surface area (TPSA) is 126 Å². The Bertz CT molecular complexity index is 1930. The van der Waals surface area contributed by atoms with Gasteiger partial charge in [-0.15, -0.1) is 0 Å². The van der Waals surface area contributed by atoms with Crippen LogP contribution in [-0.2, 0) is 27.5 Å². The van der Waals surface area contributed by atoms with E-state index in [-0.39, 0.29) is 48.9 Å². The lowest BCUT2D eigenvalue weighted by atomic mass is 10.1. The highest BCUT2D eigenvalue weighted by Crippen LogP contribution is 2.29. The first kappa shape index (κ1) is 34.8. The number of aromatic nitrogens is 2. The van der Waals surface area contributed by atoms with Crippen LogP contribution in [0, 0.1) is 17.5 Å². The standard InChI is InChI=1S/C35H36F3N5O6/c1-41(2)35(47)49-29(9-3-4-10-31(44)42-13-5-6-14-42)33(45)40-28-8-7-15-43(34(28)46)20-26-17-23-16-25(37)19-30(32(23)39-26)48-21-22-11-12-24(36)18-27(22)38/h4,7-8,10-12,15-19,29,39H,3,5-6,9,13-14,20-21H2,1-2H3,(H,40,45). The number of pyridine rings is 1. The van der Waals surface area contributed by atoms with Crippen LogP contribution in [0.3, 0.4) is 0 Å². The molecule has 0 spiro atoms. The average Bonchev–Trinajstić information content (AvgIpc) is 3.74. The number of likely N-dealkylation sites (tertiary alicyclic amines) is 1. The van der Waals surface area contributed by atoms with Gasteiger partial charge in [-0.1, -0.05) is 6.08 Å². The second-order valence-electron chi connectivity index (χ2n) is 11.8. The molecule has 0 radical (unpaired) electrons. The molecule has 1 unspecified atom stereocenters. The Morgan fingerprint density at radius 1 is 1.04 bits per heavy atom. The van der Waals surface area contributed by atoms with Crippen molar-refractivity contribution in [1.29, 1.82) is 0 Å². The normalized spacial score (nSPS) is 13.5. The maximum Gasteiger partial charge on any atom is 0.410 e. The number of anilines is 1. The third-order valence-electron chi connectivity index (χ3n) is 7.90. The number of fused-ring (bicyclic) bond motifs is 1. The van der Waals surface area contributed by atoms with Gasteiger partial charge in [0.15, 0.2) is 6.10 Å². The van der Waals surface area contributed by atoms with Gasteiger partial charge in [-0.3, -0.25) is 14.4 Å². The number of nitrogens with zero attached hydrogens (tertiary/aromatic N) is 3. The summed E-state index contributed by atoms with van der Waals surface area (Å²) >= 11 is 0. The van der Waals surface area contributed by atoms with E-state index in [1.807, 2.05) is 0 Å². The van der Waals surface area contributed by atoms with E-state index in [9.17, 15) is 32.3 Å². The van der Waals surface area contributed by atoms with E-state index in [1.54, 1.807) is 23.1 Å². The van der Waals surface area contributed by atoms with Crippen LogP contribution in [-0.4, -0.2) is 70.5 Å². The summed E-state index contributed by atoms with van der Waals surface area (Å²) in [5.41, 5.74) is 0.359. The van der Waals surface area contributed by atoms with Crippen molar-refractivity contribution in [3.05, 3.63) is 106 Å². The number of allylic oxidation sites excluding steroid dienone is 1. The average molecular weight is 680 g/mol. The van der Waals surface area contributed by atoms with Crippen molar-refractivity contribution < 1.29 is 37.0 Å². The van der Waals surface area contributed by atoms with Crippen LogP contribution in [0.4, 0.5) is 23.7 Å². The second kappa shape index (κ2) is 15.6. The minimum atomic E-state index is -1.25. The van der Waals surface area contributed by atoms with Crippen LogP contribution in [0.15, 0.2) is 71.7 Å². The molecule has 2 aromatic carbocycles. The number of ether oxygens (including phenoxy) is 2. The fraction of sp³-hybridized carbons (Fsp3) is 0.314. The van der Waals surface area contributed by atoms with Crippen molar-refractivity contribution in [3.63, 3.8) is 0 Å². The predicted octanol–water partition coefficient (Wildman–Crippen LogP) is 5.34. The van der Waals surface area contributed by atoms with Crippen LogP contribution in [0.1, 0.15) is 36.9 Å². The van der Waals surface area contributed by atoms with Crippen molar-refractivity contribution in [2.45, 2.75) is 44.9 Å². The molecule has 3 heterocycles. The molecule has 1 saturated heterocycles. The molecule has 11 nitrogen and oxygen atoms in total. The summed E-state index contributed by atoms with van der Waals surface area (Å²) in [5, 5.41) is 2.99. The summed E-state index contributed by atoms with van der Waals surface area (Å²) in [7, 11) is 2.95. The van der Waals surface area contributed by atoms with E-state index in [0.717, 1.165) is 31.0 Å². The minimum Gasteiger partial charge on any atom is -0.486 e. The fourth-order valence-corrected chi connectivity index (χ4v) is 5.33. The molecule has 2 N–H and O–H groups in total. The van der Waals surface area contributed by atoms with Crippen LogP contribution in [0.25, 0.3) is 10.9 Å². The molecule has 1 atom stereocenters. The number of hydrogen-bond donors (Lipinski definition) is 2. The third-order valence-corrected chi connectivity index (χ3v) is 7.90. The zero-order valence-corrected chi connectivity index (χ0v) is 27.0. The Kier molecular flexibility index (Phi) is 11.1. The molecule has 5 rings (SSSR count). The Morgan fingerprint density at radius 3 is 2.55 bits per heavy atom. The molecule has 3 amide bonds. The molecule has 49 heavy (non-hydrogen) atoms.